The minimum Gasteiger partial charge on any atom is -0.334 e. The zero-order chi connectivity index (χ0) is 13.5. The topological polar surface area (TPSA) is 68.8 Å². The van der Waals surface area contributed by atoms with Crippen LogP contribution in [0.2, 0.25) is 0 Å². The molecule has 3 heterocycles. The van der Waals surface area contributed by atoms with Gasteiger partial charge >= 0.3 is 0 Å². The van der Waals surface area contributed by atoms with Crippen LogP contribution >= 0.6 is 0 Å². The van der Waals surface area contributed by atoms with Crippen LogP contribution in [-0.2, 0) is 20.1 Å². The van der Waals surface area contributed by atoms with Crippen molar-refractivity contribution < 1.29 is 4.52 Å². The Labute approximate surface area is 115 Å². The number of aryl methyl sites for hydroxylation is 1. The number of benzene rings is 1. The van der Waals surface area contributed by atoms with Crippen molar-refractivity contribution in [3.05, 3.63) is 41.7 Å². The molecule has 20 heavy (non-hydrogen) atoms. The minimum atomic E-state index is 0.540. The summed E-state index contributed by atoms with van der Waals surface area (Å²) in [5.74, 6) is 1.10. The van der Waals surface area contributed by atoms with Crippen LogP contribution in [0.4, 0.5) is 0 Å². The number of rotatable bonds is 2. The molecule has 0 amide bonds. The smallest absolute Gasteiger partial charge is 0.258 e. The number of fused-ring (bicyclic) bond motifs is 1. The summed E-state index contributed by atoms with van der Waals surface area (Å²) in [7, 11) is 1.86. The van der Waals surface area contributed by atoms with E-state index in [4.69, 9.17) is 4.52 Å². The first kappa shape index (κ1) is 11.4. The molecule has 1 N–H and O–H groups in total. The van der Waals surface area contributed by atoms with Gasteiger partial charge < -0.3 is 9.84 Å². The van der Waals surface area contributed by atoms with Crippen LogP contribution < -0.4 is 5.32 Å². The first-order chi connectivity index (χ1) is 9.79. The van der Waals surface area contributed by atoms with Crippen LogP contribution in [0.1, 0.15) is 11.1 Å². The summed E-state index contributed by atoms with van der Waals surface area (Å²) in [4.78, 5) is 4.44. The Morgan fingerprint density at radius 1 is 1.20 bits per heavy atom. The van der Waals surface area contributed by atoms with Gasteiger partial charge in [-0.3, -0.25) is 4.68 Å². The van der Waals surface area contributed by atoms with Crippen LogP contribution in [0.3, 0.4) is 0 Å². The maximum absolute atomic E-state index is 5.36. The molecule has 1 aliphatic rings. The first-order valence-electron chi connectivity index (χ1n) is 6.45. The molecule has 6 nitrogen and oxygen atoms in total. The Bertz CT molecular complexity index is 773. The van der Waals surface area contributed by atoms with E-state index in [1.807, 2.05) is 19.3 Å². The van der Waals surface area contributed by atoms with E-state index in [0.717, 1.165) is 24.2 Å². The average molecular weight is 267 g/mol. The molecule has 0 saturated carbocycles. The zero-order valence-corrected chi connectivity index (χ0v) is 11.0. The van der Waals surface area contributed by atoms with Crippen molar-refractivity contribution in [2.75, 3.05) is 0 Å². The number of nitrogens with zero attached hydrogens (tertiary/aromatic N) is 4. The van der Waals surface area contributed by atoms with Gasteiger partial charge in [-0.25, -0.2) is 0 Å². The molecule has 0 saturated heterocycles. The van der Waals surface area contributed by atoms with Crippen molar-refractivity contribution in [1.29, 1.82) is 0 Å². The standard InChI is InChI=1S/C14H13N5O/c1-19-8-12(7-16-19)13-17-14(20-18-13)9-2-3-10-5-15-6-11(10)4-9/h2-4,7-8,15H,5-6H2,1H3. The highest BCUT2D eigenvalue weighted by atomic mass is 16.5. The highest BCUT2D eigenvalue weighted by molar-refractivity contribution is 5.60. The van der Waals surface area contributed by atoms with Gasteiger partial charge in [0.1, 0.15) is 0 Å². The Balaban J connectivity index is 1.71. The summed E-state index contributed by atoms with van der Waals surface area (Å²) < 4.78 is 7.07. The van der Waals surface area contributed by atoms with Crippen molar-refractivity contribution in [3.63, 3.8) is 0 Å². The third-order valence-electron chi connectivity index (χ3n) is 3.47. The molecule has 0 unspecified atom stereocenters. The number of aromatic nitrogens is 4. The zero-order valence-electron chi connectivity index (χ0n) is 11.0. The lowest BCUT2D eigenvalue weighted by Gasteiger charge is -1.99. The average Bonchev–Trinajstić information content (AvgIpc) is 3.17. The van der Waals surface area contributed by atoms with Gasteiger partial charge in [-0.1, -0.05) is 11.2 Å². The van der Waals surface area contributed by atoms with Crippen molar-refractivity contribution >= 4 is 0 Å². The quantitative estimate of drug-likeness (QED) is 0.766. The molecule has 3 aromatic rings. The van der Waals surface area contributed by atoms with E-state index >= 15 is 0 Å². The summed E-state index contributed by atoms with van der Waals surface area (Å²) in [5, 5.41) is 11.4. The summed E-state index contributed by atoms with van der Waals surface area (Å²) in [6, 6.07) is 6.24. The maximum atomic E-state index is 5.36. The summed E-state index contributed by atoms with van der Waals surface area (Å²) in [5.41, 5.74) is 4.43. The third kappa shape index (κ3) is 1.81. The van der Waals surface area contributed by atoms with Crippen molar-refractivity contribution in [2.45, 2.75) is 13.1 Å². The molecule has 1 aliphatic heterocycles. The number of hydrogen-bond acceptors (Lipinski definition) is 5. The highest BCUT2D eigenvalue weighted by Crippen LogP contribution is 2.25. The molecule has 0 bridgehead atoms. The molecule has 0 radical (unpaired) electrons. The van der Waals surface area contributed by atoms with E-state index in [0.29, 0.717) is 11.7 Å². The van der Waals surface area contributed by atoms with Crippen molar-refractivity contribution in [2.24, 2.45) is 7.05 Å². The minimum absolute atomic E-state index is 0.540. The van der Waals surface area contributed by atoms with Gasteiger partial charge in [0.25, 0.3) is 5.89 Å². The largest absolute Gasteiger partial charge is 0.334 e. The Kier molecular flexibility index (Phi) is 2.43. The molecule has 6 heteroatoms. The lowest BCUT2D eigenvalue weighted by Crippen LogP contribution is -1.99. The van der Waals surface area contributed by atoms with E-state index in [1.54, 1.807) is 10.9 Å². The monoisotopic (exact) mass is 267 g/mol. The molecule has 4 rings (SSSR count). The van der Waals surface area contributed by atoms with Crippen molar-refractivity contribution in [3.8, 4) is 22.8 Å². The van der Waals surface area contributed by atoms with Crippen LogP contribution in [0.25, 0.3) is 22.8 Å². The van der Waals surface area contributed by atoms with Gasteiger partial charge in [-0.15, -0.1) is 0 Å². The molecular formula is C14H13N5O. The predicted octanol–water partition coefficient (Wildman–Crippen LogP) is 1.74. The summed E-state index contributed by atoms with van der Waals surface area (Å²) in [6.07, 6.45) is 3.59. The highest BCUT2D eigenvalue weighted by Gasteiger charge is 2.15. The van der Waals surface area contributed by atoms with Crippen LogP contribution in [0.15, 0.2) is 35.1 Å². The van der Waals surface area contributed by atoms with Gasteiger partial charge in [0, 0.05) is 31.9 Å². The Morgan fingerprint density at radius 2 is 2.10 bits per heavy atom. The third-order valence-corrected chi connectivity index (χ3v) is 3.47. The van der Waals surface area contributed by atoms with Gasteiger partial charge in [0.2, 0.25) is 5.82 Å². The fraction of sp³-hybridized carbons (Fsp3) is 0.214. The second kappa shape index (κ2) is 4.28. The maximum Gasteiger partial charge on any atom is 0.258 e. The van der Waals surface area contributed by atoms with Gasteiger partial charge in [0.15, 0.2) is 0 Å². The van der Waals surface area contributed by atoms with Gasteiger partial charge in [-0.05, 0) is 23.3 Å². The summed E-state index contributed by atoms with van der Waals surface area (Å²) in [6.45, 7) is 1.83. The van der Waals surface area contributed by atoms with Crippen molar-refractivity contribution in [1.82, 2.24) is 25.2 Å². The predicted molar refractivity (Wildman–Crippen MR) is 72.5 cm³/mol. The van der Waals surface area contributed by atoms with Gasteiger partial charge in [-0.2, -0.15) is 10.1 Å². The van der Waals surface area contributed by atoms with E-state index in [-0.39, 0.29) is 0 Å². The second-order valence-electron chi connectivity index (χ2n) is 4.91. The Hall–Kier alpha value is -2.47. The number of nitrogens with one attached hydrogen (secondary N) is 1. The molecular weight excluding hydrogens is 254 g/mol. The second-order valence-corrected chi connectivity index (χ2v) is 4.91. The molecule has 2 aromatic heterocycles. The van der Waals surface area contributed by atoms with E-state index < -0.39 is 0 Å². The Morgan fingerprint density at radius 3 is 2.95 bits per heavy atom. The SMILES string of the molecule is Cn1cc(-c2noc(-c3ccc4c(c3)CNC4)n2)cn1. The molecule has 0 aliphatic carbocycles. The fourth-order valence-electron chi connectivity index (χ4n) is 2.42. The molecule has 0 fully saturated rings. The molecule has 0 atom stereocenters. The number of hydrogen-bond donors (Lipinski definition) is 1. The molecule has 0 spiro atoms. The lowest BCUT2D eigenvalue weighted by atomic mass is 10.1. The van der Waals surface area contributed by atoms with Gasteiger partial charge in [0.05, 0.1) is 11.8 Å². The van der Waals surface area contributed by atoms with Crippen LogP contribution in [-0.4, -0.2) is 19.9 Å². The summed E-state index contributed by atoms with van der Waals surface area (Å²) >= 11 is 0. The lowest BCUT2D eigenvalue weighted by molar-refractivity contribution is 0.432. The normalized spacial score (nSPS) is 13.7. The molecule has 1 aromatic carbocycles. The van der Waals surface area contributed by atoms with Crippen LogP contribution in [0, 0.1) is 0 Å². The fourth-order valence-corrected chi connectivity index (χ4v) is 2.42. The van der Waals surface area contributed by atoms with E-state index in [9.17, 15) is 0 Å². The van der Waals surface area contributed by atoms with Crippen LogP contribution in [0.5, 0.6) is 0 Å². The van der Waals surface area contributed by atoms with E-state index in [1.165, 1.54) is 11.1 Å². The first-order valence-corrected chi connectivity index (χ1v) is 6.45. The van der Waals surface area contributed by atoms with E-state index in [2.05, 4.69) is 32.7 Å². The molecule has 100 valence electrons.